The number of carboxylic acid groups (broad SMARTS) is 1. The van der Waals surface area contributed by atoms with Crippen LogP contribution in [0, 0.1) is 5.82 Å². The molecule has 0 aromatic heterocycles. The van der Waals surface area contributed by atoms with E-state index in [4.69, 9.17) is 5.11 Å². The van der Waals surface area contributed by atoms with Gasteiger partial charge in [0.05, 0.1) is 11.0 Å². The van der Waals surface area contributed by atoms with Gasteiger partial charge in [0.25, 0.3) is 0 Å². The van der Waals surface area contributed by atoms with Crippen LogP contribution in [0.25, 0.3) is 0 Å². The second kappa shape index (κ2) is 4.01. The van der Waals surface area contributed by atoms with E-state index >= 15 is 0 Å². The molecule has 6 heteroatoms. The number of carbonyl (C=O) groups is 1. The fourth-order valence-corrected chi connectivity index (χ4v) is 1.35. The minimum Gasteiger partial charge on any atom is -0.481 e. The van der Waals surface area contributed by atoms with Gasteiger partial charge in [-0.05, 0) is 19.9 Å². The molecule has 0 spiro atoms. The molecule has 0 bridgehead atoms. The van der Waals surface area contributed by atoms with Crippen LogP contribution in [-0.4, -0.2) is 11.1 Å². The Bertz CT molecular complexity index is 449. The molecule has 0 saturated heterocycles. The number of hydrogen-bond donors (Lipinski definition) is 1. The van der Waals surface area contributed by atoms with Gasteiger partial charge in [0.1, 0.15) is 5.82 Å². The zero-order chi connectivity index (χ0) is 13.4. The molecule has 1 rings (SSSR count). The Balaban J connectivity index is 3.44. The molecule has 1 aromatic rings. The van der Waals surface area contributed by atoms with Crippen molar-refractivity contribution in [3.8, 4) is 0 Å². The highest BCUT2D eigenvalue weighted by atomic mass is 19.4. The second-order valence-corrected chi connectivity index (χ2v) is 4.10. The van der Waals surface area contributed by atoms with Gasteiger partial charge in [0.15, 0.2) is 0 Å². The lowest BCUT2D eigenvalue weighted by atomic mass is 9.83. The first-order chi connectivity index (χ1) is 7.58. The van der Waals surface area contributed by atoms with Gasteiger partial charge in [-0.15, -0.1) is 0 Å². The molecule has 0 aliphatic heterocycles. The van der Waals surface area contributed by atoms with Crippen LogP contribution in [0.15, 0.2) is 18.2 Å². The molecule has 94 valence electrons. The minimum atomic E-state index is -4.84. The lowest BCUT2D eigenvalue weighted by molar-refractivity contribution is -0.144. The fraction of sp³-hybridized carbons (Fsp3) is 0.364. The summed E-state index contributed by atoms with van der Waals surface area (Å²) in [5.74, 6) is -2.93. The quantitative estimate of drug-likeness (QED) is 0.818. The lowest BCUT2D eigenvalue weighted by Gasteiger charge is -2.22. The summed E-state index contributed by atoms with van der Waals surface area (Å²) in [4.78, 5) is 10.9. The Hall–Kier alpha value is -1.59. The van der Waals surface area contributed by atoms with Crippen molar-refractivity contribution in [3.05, 3.63) is 35.1 Å². The molecule has 0 unspecified atom stereocenters. The molecule has 0 atom stereocenters. The standard InChI is InChI=1S/C11H10F4O2/c1-10(2,9(16)17)6-4-3-5-7(8(6)12)11(13,14)15/h3-5H,1-2H3,(H,16,17). The summed E-state index contributed by atoms with van der Waals surface area (Å²) in [5, 5.41) is 8.86. The average Bonchev–Trinajstić information content (AvgIpc) is 2.15. The predicted octanol–water partition coefficient (Wildman–Crippen LogP) is 3.21. The van der Waals surface area contributed by atoms with Crippen LogP contribution in [0.5, 0.6) is 0 Å². The summed E-state index contributed by atoms with van der Waals surface area (Å²) >= 11 is 0. The maximum Gasteiger partial charge on any atom is 0.419 e. The van der Waals surface area contributed by atoms with E-state index in [0.29, 0.717) is 6.07 Å². The summed E-state index contributed by atoms with van der Waals surface area (Å²) in [7, 11) is 0. The highest BCUT2D eigenvalue weighted by Gasteiger charge is 2.39. The molecular weight excluding hydrogens is 240 g/mol. The van der Waals surface area contributed by atoms with Crippen molar-refractivity contribution < 1.29 is 27.5 Å². The number of hydrogen-bond acceptors (Lipinski definition) is 1. The van der Waals surface area contributed by atoms with Crippen molar-refractivity contribution in [2.45, 2.75) is 25.4 Å². The molecule has 2 nitrogen and oxygen atoms in total. The van der Waals surface area contributed by atoms with Crippen molar-refractivity contribution >= 4 is 5.97 Å². The van der Waals surface area contributed by atoms with Gasteiger partial charge < -0.3 is 5.11 Å². The first kappa shape index (κ1) is 13.5. The topological polar surface area (TPSA) is 37.3 Å². The van der Waals surface area contributed by atoms with Gasteiger partial charge in [-0.2, -0.15) is 13.2 Å². The first-order valence-corrected chi connectivity index (χ1v) is 4.68. The number of benzene rings is 1. The average molecular weight is 250 g/mol. The van der Waals surface area contributed by atoms with Crippen molar-refractivity contribution in [3.63, 3.8) is 0 Å². The molecule has 1 aromatic carbocycles. The van der Waals surface area contributed by atoms with E-state index < -0.39 is 34.5 Å². The van der Waals surface area contributed by atoms with Crippen LogP contribution in [0.2, 0.25) is 0 Å². The van der Waals surface area contributed by atoms with E-state index in [1.165, 1.54) is 0 Å². The Morgan fingerprint density at radius 3 is 2.06 bits per heavy atom. The van der Waals surface area contributed by atoms with Gasteiger partial charge >= 0.3 is 12.1 Å². The van der Waals surface area contributed by atoms with Crippen molar-refractivity contribution in [2.24, 2.45) is 0 Å². The van der Waals surface area contributed by atoms with E-state index in [1.807, 2.05) is 0 Å². The normalized spacial score (nSPS) is 12.6. The van der Waals surface area contributed by atoms with E-state index in [2.05, 4.69) is 0 Å². The Kier molecular flexibility index (Phi) is 3.18. The number of alkyl halides is 3. The molecule has 17 heavy (non-hydrogen) atoms. The number of carboxylic acids is 1. The summed E-state index contributed by atoms with van der Waals surface area (Å²) in [5.41, 5.74) is -3.66. The minimum absolute atomic E-state index is 0.486. The number of aliphatic carboxylic acids is 1. The van der Waals surface area contributed by atoms with Crippen LogP contribution < -0.4 is 0 Å². The predicted molar refractivity (Wildman–Crippen MR) is 52.1 cm³/mol. The third-order valence-electron chi connectivity index (χ3n) is 2.51. The maximum absolute atomic E-state index is 13.6. The largest absolute Gasteiger partial charge is 0.481 e. The van der Waals surface area contributed by atoms with Gasteiger partial charge in [-0.3, -0.25) is 4.79 Å². The third-order valence-corrected chi connectivity index (χ3v) is 2.51. The first-order valence-electron chi connectivity index (χ1n) is 4.68. The van der Waals surface area contributed by atoms with Crippen LogP contribution in [0.4, 0.5) is 17.6 Å². The van der Waals surface area contributed by atoms with Crippen molar-refractivity contribution in [1.82, 2.24) is 0 Å². The monoisotopic (exact) mass is 250 g/mol. The third kappa shape index (κ3) is 2.40. The van der Waals surface area contributed by atoms with Crippen LogP contribution >= 0.6 is 0 Å². The fourth-order valence-electron chi connectivity index (χ4n) is 1.35. The second-order valence-electron chi connectivity index (χ2n) is 4.10. The van der Waals surface area contributed by atoms with Crippen LogP contribution in [-0.2, 0) is 16.4 Å². The van der Waals surface area contributed by atoms with Crippen molar-refractivity contribution in [2.75, 3.05) is 0 Å². The zero-order valence-corrected chi connectivity index (χ0v) is 9.10. The van der Waals surface area contributed by atoms with E-state index in [0.717, 1.165) is 26.0 Å². The highest BCUT2D eigenvalue weighted by Crippen LogP contribution is 2.35. The van der Waals surface area contributed by atoms with Crippen LogP contribution in [0.1, 0.15) is 25.0 Å². The Morgan fingerprint density at radius 1 is 1.18 bits per heavy atom. The Labute approximate surface area is 94.9 Å². The zero-order valence-electron chi connectivity index (χ0n) is 9.10. The SMILES string of the molecule is CC(C)(C(=O)O)c1cccc(C(F)(F)F)c1F. The van der Waals surface area contributed by atoms with E-state index in [9.17, 15) is 22.4 Å². The lowest BCUT2D eigenvalue weighted by Crippen LogP contribution is -2.30. The molecule has 1 N–H and O–H groups in total. The molecular formula is C11H10F4O2. The molecule has 0 amide bonds. The van der Waals surface area contributed by atoms with Crippen molar-refractivity contribution in [1.29, 1.82) is 0 Å². The smallest absolute Gasteiger partial charge is 0.419 e. The molecule has 0 fully saturated rings. The highest BCUT2D eigenvalue weighted by molar-refractivity contribution is 5.80. The van der Waals surface area contributed by atoms with Gasteiger partial charge in [0, 0.05) is 5.56 Å². The van der Waals surface area contributed by atoms with Crippen LogP contribution in [0.3, 0.4) is 0 Å². The summed E-state index contributed by atoms with van der Waals surface area (Å²) in [6.07, 6.45) is -4.84. The Morgan fingerprint density at radius 2 is 1.65 bits per heavy atom. The molecule has 0 radical (unpaired) electrons. The molecule has 0 aliphatic rings. The molecule has 0 saturated carbocycles. The summed E-state index contributed by atoms with van der Waals surface area (Å²) < 4.78 is 50.9. The molecule has 0 aliphatic carbocycles. The number of rotatable bonds is 2. The van der Waals surface area contributed by atoms with Gasteiger partial charge in [-0.25, -0.2) is 4.39 Å². The molecule has 0 heterocycles. The van der Waals surface area contributed by atoms with Gasteiger partial charge in [0.2, 0.25) is 0 Å². The number of halogens is 4. The van der Waals surface area contributed by atoms with Gasteiger partial charge in [-0.1, -0.05) is 12.1 Å². The maximum atomic E-state index is 13.6. The van der Waals surface area contributed by atoms with E-state index in [-0.39, 0.29) is 0 Å². The van der Waals surface area contributed by atoms with E-state index in [1.54, 1.807) is 0 Å². The summed E-state index contributed by atoms with van der Waals surface area (Å²) in [6, 6.07) is 2.61. The summed E-state index contributed by atoms with van der Waals surface area (Å²) in [6.45, 7) is 2.29.